The molecule has 1 aromatic rings. The van der Waals surface area contributed by atoms with Gasteiger partial charge in [0.2, 0.25) is 0 Å². The molecule has 0 aromatic heterocycles. The summed E-state index contributed by atoms with van der Waals surface area (Å²) in [5.41, 5.74) is 0.948. The molecule has 0 radical (unpaired) electrons. The Morgan fingerprint density at radius 2 is 2.39 bits per heavy atom. The first-order valence-electron chi connectivity index (χ1n) is 5.98. The van der Waals surface area contributed by atoms with Crippen LogP contribution in [0.15, 0.2) is 22.7 Å². The molecule has 2 atom stereocenters. The molecule has 0 amide bonds. The van der Waals surface area contributed by atoms with Gasteiger partial charge in [-0.15, -0.1) is 0 Å². The van der Waals surface area contributed by atoms with E-state index in [2.05, 4.69) is 20.8 Å². The molecule has 1 heterocycles. The van der Waals surface area contributed by atoms with E-state index < -0.39 is 6.10 Å². The number of hydrogen-bond donors (Lipinski definition) is 1. The average Bonchev–Trinajstić information content (AvgIpc) is 2.32. The summed E-state index contributed by atoms with van der Waals surface area (Å²) in [5, 5.41) is 10.9. The SMILES string of the molecule is CN1CCOC(C(O)Cc2ccc(Br)cc2Cl)C1. The summed E-state index contributed by atoms with van der Waals surface area (Å²) in [6.07, 6.45) is -0.139. The Morgan fingerprint density at radius 1 is 1.61 bits per heavy atom. The summed E-state index contributed by atoms with van der Waals surface area (Å²) >= 11 is 9.52. The predicted octanol–water partition coefficient (Wildman–Crippen LogP) is 2.34. The molecule has 100 valence electrons. The van der Waals surface area contributed by atoms with Crippen LogP contribution in [0.4, 0.5) is 0 Å². The van der Waals surface area contributed by atoms with Gasteiger partial charge in [0.25, 0.3) is 0 Å². The molecule has 18 heavy (non-hydrogen) atoms. The Kier molecular flexibility index (Phi) is 5.04. The number of likely N-dealkylation sites (N-methyl/N-ethyl adjacent to an activating group) is 1. The normalized spacial score (nSPS) is 23.0. The largest absolute Gasteiger partial charge is 0.390 e. The first-order valence-corrected chi connectivity index (χ1v) is 7.15. The zero-order valence-electron chi connectivity index (χ0n) is 10.3. The maximum absolute atomic E-state index is 10.2. The van der Waals surface area contributed by atoms with Gasteiger partial charge in [-0.1, -0.05) is 33.6 Å². The van der Waals surface area contributed by atoms with Gasteiger partial charge in [0.1, 0.15) is 0 Å². The fourth-order valence-electron chi connectivity index (χ4n) is 2.09. The molecule has 2 rings (SSSR count). The van der Waals surface area contributed by atoms with Crippen LogP contribution in [0.3, 0.4) is 0 Å². The van der Waals surface area contributed by atoms with E-state index >= 15 is 0 Å². The van der Waals surface area contributed by atoms with Gasteiger partial charge in [-0.05, 0) is 24.7 Å². The molecule has 1 saturated heterocycles. The van der Waals surface area contributed by atoms with Crippen molar-refractivity contribution >= 4 is 27.5 Å². The van der Waals surface area contributed by atoms with Crippen molar-refractivity contribution in [3.05, 3.63) is 33.3 Å². The second-order valence-corrected chi connectivity index (χ2v) is 6.00. The molecular weight excluding hydrogens is 318 g/mol. The lowest BCUT2D eigenvalue weighted by Gasteiger charge is -2.33. The van der Waals surface area contributed by atoms with Crippen molar-refractivity contribution in [2.45, 2.75) is 18.6 Å². The van der Waals surface area contributed by atoms with E-state index in [9.17, 15) is 5.11 Å². The Bertz CT molecular complexity index is 416. The number of hydrogen-bond acceptors (Lipinski definition) is 3. The molecule has 0 spiro atoms. The second-order valence-electron chi connectivity index (χ2n) is 4.68. The molecule has 2 unspecified atom stereocenters. The van der Waals surface area contributed by atoms with Crippen molar-refractivity contribution in [2.24, 2.45) is 0 Å². The number of rotatable bonds is 3. The van der Waals surface area contributed by atoms with E-state index in [1.165, 1.54) is 0 Å². The molecule has 1 fully saturated rings. The van der Waals surface area contributed by atoms with Crippen LogP contribution in [0.1, 0.15) is 5.56 Å². The molecule has 1 aromatic carbocycles. The molecule has 1 aliphatic heterocycles. The van der Waals surface area contributed by atoms with Gasteiger partial charge in [-0.2, -0.15) is 0 Å². The first-order chi connectivity index (χ1) is 8.56. The van der Waals surface area contributed by atoms with Crippen molar-refractivity contribution in [2.75, 3.05) is 26.7 Å². The summed E-state index contributed by atoms with van der Waals surface area (Å²) in [5.74, 6) is 0. The van der Waals surface area contributed by atoms with Crippen LogP contribution in [-0.2, 0) is 11.2 Å². The summed E-state index contributed by atoms with van der Waals surface area (Å²) < 4.78 is 6.55. The topological polar surface area (TPSA) is 32.7 Å². The highest BCUT2D eigenvalue weighted by Crippen LogP contribution is 2.23. The Hall–Kier alpha value is -0.130. The second kappa shape index (κ2) is 6.35. The van der Waals surface area contributed by atoms with Crippen LogP contribution in [0.2, 0.25) is 5.02 Å². The lowest BCUT2D eigenvalue weighted by atomic mass is 10.0. The van der Waals surface area contributed by atoms with Crippen molar-refractivity contribution < 1.29 is 9.84 Å². The van der Waals surface area contributed by atoms with Crippen LogP contribution in [0.25, 0.3) is 0 Å². The predicted molar refractivity (Wildman–Crippen MR) is 76.1 cm³/mol. The molecule has 0 saturated carbocycles. The average molecular weight is 335 g/mol. The number of aliphatic hydroxyl groups is 1. The maximum Gasteiger partial charge on any atom is 0.0964 e. The van der Waals surface area contributed by atoms with Crippen LogP contribution in [-0.4, -0.2) is 49.0 Å². The highest BCUT2D eigenvalue weighted by molar-refractivity contribution is 9.10. The lowest BCUT2D eigenvalue weighted by molar-refractivity contribution is -0.0823. The number of nitrogens with zero attached hydrogens (tertiary/aromatic N) is 1. The lowest BCUT2D eigenvalue weighted by Crippen LogP contribution is -2.46. The molecule has 0 aliphatic carbocycles. The third kappa shape index (κ3) is 3.68. The van der Waals surface area contributed by atoms with Crippen LogP contribution >= 0.6 is 27.5 Å². The highest BCUT2D eigenvalue weighted by atomic mass is 79.9. The smallest absolute Gasteiger partial charge is 0.0964 e. The number of ether oxygens (including phenoxy) is 1. The fourth-order valence-corrected chi connectivity index (χ4v) is 2.84. The van der Waals surface area contributed by atoms with E-state index in [0.29, 0.717) is 18.1 Å². The summed E-state index contributed by atoms with van der Waals surface area (Å²) in [4.78, 5) is 2.17. The van der Waals surface area contributed by atoms with Gasteiger partial charge < -0.3 is 14.7 Å². The fraction of sp³-hybridized carbons (Fsp3) is 0.538. The van der Waals surface area contributed by atoms with Gasteiger partial charge in [0, 0.05) is 29.0 Å². The zero-order valence-corrected chi connectivity index (χ0v) is 12.6. The molecular formula is C13H17BrClNO2. The minimum atomic E-state index is -0.522. The van der Waals surface area contributed by atoms with Crippen LogP contribution < -0.4 is 0 Å². The van der Waals surface area contributed by atoms with E-state index in [-0.39, 0.29) is 6.10 Å². The number of morpholine rings is 1. The molecule has 0 bridgehead atoms. The minimum Gasteiger partial charge on any atom is -0.390 e. The van der Waals surface area contributed by atoms with E-state index in [0.717, 1.165) is 23.1 Å². The number of aliphatic hydroxyl groups excluding tert-OH is 1. The van der Waals surface area contributed by atoms with E-state index in [1.54, 1.807) is 0 Å². The third-order valence-electron chi connectivity index (χ3n) is 3.17. The number of benzene rings is 1. The molecule has 1 N–H and O–H groups in total. The van der Waals surface area contributed by atoms with Gasteiger partial charge >= 0.3 is 0 Å². The Morgan fingerprint density at radius 3 is 3.06 bits per heavy atom. The standard InChI is InChI=1S/C13H17BrClNO2/c1-16-4-5-18-13(8-16)12(17)6-9-2-3-10(14)7-11(9)15/h2-3,7,12-13,17H,4-6,8H2,1H3. The monoisotopic (exact) mass is 333 g/mol. The van der Waals surface area contributed by atoms with E-state index in [1.807, 2.05) is 25.2 Å². The Labute approximate surface area is 121 Å². The quantitative estimate of drug-likeness (QED) is 0.921. The highest BCUT2D eigenvalue weighted by Gasteiger charge is 2.25. The van der Waals surface area contributed by atoms with Gasteiger partial charge in [-0.3, -0.25) is 0 Å². The minimum absolute atomic E-state index is 0.136. The third-order valence-corrected chi connectivity index (χ3v) is 4.01. The van der Waals surface area contributed by atoms with Gasteiger partial charge in [0.15, 0.2) is 0 Å². The summed E-state index contributed by atoms with van der Waals surface area (Å²) in [6.45, 7) is 2.35. The maximum atomic E-state index is 10.2. The molecule has 5 heteroatoms. The number of halogens is 2. The molecule has 3 nitrogen and oxygen atoms in total. The van der Waals surface area contributed by atoms with Crippen molar-refractivity contribution in [1.82, 2.24) is 4.90 Å². The Balaban J connectivity index is 1.99. The van der Waals surface area contributed by atoms with Crippen molar-refractivity contribution in [1.29, 1.82) is 0 Å². The van der Waals surface area contributed by atoms with Crippen molar-refractivity contribution in [3.8, 4) is 0 Å². The zero-order chi connectivity index (χ0) is 13.1. The van der Waals surface area contributed by atoms with Crippen molar-refractivity contribution in [3.63, 3.8) is 0 Å². The first kappa shape index (κ1) is 14.3. The summed E-state index contributed by atoms with van der Waals surface area (Å²) in [6, 6.07) is 5.71. The van der Waals surface area contributed by atoms with Gasteiger partial charge in [0.05, 0.1) is 18.8 Å². The van der Waals surface area contributed by atoms with Crippen LogP contribution in [0.5, 0.6) is 0 Å². The van der Waals surface area contributed by atoms with Gasteiger partial charge in [-0.25, -0.2) is 0 Å². The van der Waals surface area contributed by atoms with E-state index in [4.69, 9.17) is 16.3 Å². The summed E-state index contributed by atoms with van der Waals surface area (Å²) in [7, 11) is 2.04. The molecule has 1 aliphatic rings. The van der Waals surface area contributed by atoms with Crippen LogP contribution in [0, 0.1) is 0 Å².